The predicted octanol–water partition coefficient (Wildman–Crippen LogP) is 2.13. The van der Waals surface area contributed by atoms with Crippen molar-refractivity contribution in [3.63, 3.8) is 0 Å². The number of Topliss-reactive ketones (excluding diaryl/α,β-unsaturated/α-hetero) is 1. The van der Waals surface area contributed by atoms with Gasteiger partial charge in [-0.3, -0.25) is 4.79 Å². The van der Waals surface area contributed by atoms with Gasteiger partial charge in [-0.25, -0.2) is 0 Å². The summed E-state index contributed by atoms with van der Waals surface area (Å²) in [5, 5.41) is 0. The summed E-state index contributed by atoms with van der Waals surface area (Å²) >= 11 is 1.70. The van der Waals surface area contributed by atoms with E-state index in [1.165, 1.54) is 12.8 Å². The van der Waals surface area contributed by atoms with Crippen LogP contribution in [0.3, 0.4) is 0 Å². The highest BCUT2D eigenvalue weighted by Gasteiger charge is 2.21. The first-order valence-electron chi connectivity index (χ1n) is 4.94. The maximum Gasteiger partial charge on any atom is 0.145 e. The van der Waals surface area contributed by atoms with Crippen LogP contribution in [0.2, 0.25) is 0 Å². The molecule has 0 N–H and O–H groups in total. The normalized spacial score (nSPS) is 17.9. The van der Waals surface area contributed by atoms with E-state index >= 15 is 0 Å². The molecule has 0 spiro atoms. The van der Waals surface area contributed by atoms with Crippen LogP contribution in [0.25, 0.3) is 0 Å². The van der Waals surface area contributed by atoms with Gasteiger partial charge in [-0.15, -0.1) is 0 Å². The molecule has 0 atom stereocenters. The average molecular weight is 202 g/mol. The zero-order valence-corrected chi connectivity index (χ0v) is 9.07. The second-order valence-corrected chi connectivity index (χ2v) is 4.60. The van der Waals surface area contributed by atoms with E-state index in [9.17, 15) is 4.79 Å². The third-order valence-electron chi connectivity index (χ3n) is 2.49. The summed E-state index contributed by atoms with van der Waals surface area (Å²) in [5.74, 6) is 2.47. The number of hydrogen-bond acceptors (Lipinski definition) is 3. The summed E-state index contributed by atoms with van der Waals surface area (Å²) in [6.45, 7) is 0.753. The van der Waals surface area contributed by atoms with Crippen LogP contribution >= 0.6 is 11.8 Å². The summed E-state index contributed by atoms with van der Waals surface area (Å²) in [6, 6.07) is 0. The van der Waals surface area contributed by atoms with Crippen LogP contribution in [0, 0.1) is 5.92 Å². The number of methoxy groups -OCH3 is 1. The van der Waals surface area contributed by atoms with Crippen molar-refractivity contribution in [1.29, 1.82) is 0 Å². The number of rotatable bonds is 6. The Morgan fingerprint density at radius 2 is 2.15 bits per heavy atom. The second-order valence-electron chi connectivity index (χ2n) is 3.49. The highest BCUT2D eigenvalue weighted by atomic mass is 32.2. The molecule has 1 aliphatic rings. The zero-order chi connectivity index (χ0) is 9.52. The number of hydrogen-bond donors (Lipinski definition) is 0. The van der Waals surface area contributed by atoms with Crippen LogP contribution in [-0.4, -0.2) is 31.0 Å². The van der Waals surface area contributed by atoms with Gasteiger partial charge in [0.25, 0.3) is 0 Å². The molecule has 0 aromatic heterocycles. The van der Waals surface area contributed by atoms with Crippen molar-refractivity contribution >= 4 is 17.5 Å². The Hall–Kier alpha value is -0.0200. The summed E-state index contributed by atoms with van der Waals surface area (Å²) in [5.41, 5.74) is 0. The van der Waals surface area contributed by atoms with Gasteiger partial charge in [-0.1, -0.05) is 12.8 Å². The average Bonchev–Trinajstić information content (AvgIpc) is 2.65. The van der Waals surface area contributed by atoms with Crippen molar-refractivity contribution in [2.75, 3.05) is 25.2 Å². The molecule has 0 radical (unpaired) electrons. The molecular weight excluding hydrogens is 184 g/mol. The molecule has 0 saturated heterocycles. The number of carbonyl (C=O) groups excluding carboxylic acids is 1. The molecular formula is C10H18O2S. The summed E-state index contributed by atoms with van der Waals surface area (Å²) < 4.78 is 4.92. The SMILES string of the molecule is COCCSCC(=O)C1CCCC1. The van der Waals surface area contributed by atoms with E-state index in [0.29, 0.717) is 17.5 Å². The first-order chi connectivity index (χ1) is 6.34. The molecule has 0 bridgehead atoms. The Balaban J connectivity index is 2.03. The summed E-state index contributed by atoms with van der Waals surface area (Å²) in [7, 11) is 1.69. The first-order valence-corrected chi connectivity index (χ1v) is 6.09. The van der Waals surface area contributed by atoms with E-state index in [2.05, 4.69) is 0 Å². The number of carbonyl (C=O) groups is 1. The Labute approximate surface area is 84.4 Å². The molecule has 1 aliphatic carbocycles. The monoisotopic (exact) mass is 202 g/mol. The molecule has 0 heterocycles. The van der Waals surface area contributed by atoms with Crippen molar-refractivity contribution < 1.29 is 9.53 Å². The fourth-order valence-corrected chi connectivity index (χ4v) is 2.55. The molecule has 0 aromatic carbocycles. The van der Waals surface area contributed by atoms with Gasteiger partial charge >= 0.3 is 0 Å². The predicted molar refractivity (Wildman–Crippen MR) is 56.2 cm³/mol. The third-order valence-corrected chi connectivity index (χ3v) is 3.43. The van der Waals surface area contributed by atoms with Crippen LogP contribution in [-0.2, 0) is 9.53 Å². The van der Waals surface area contributed by atoms with E-state index in [0.717, 1.165) is 25.2 Å². The zero-order valence-electron chi connectivity index (χ0n) is 8.25. The minimum atomic E-state index is 0.384. The van der Waals surface area contributed by atoms with Gasteiger partial charge in [0.15, 0.2) is 0 Å². The van der Waals surface area contributed by atoms with Gasteiger partial charge < -0.3 is 4.74 Å². The van der Waals surface area contributed by atoms with Crippen LogP contribution < -0.4 is 0 Å². The van der Waals surface area contributed by atoms with Crippen molar-refractivity contribution in [1.82, 2.24) is 0 Å². The van der Waals surface area contributed by atoms with E-state index in [1.807, 2.05) is 0 Å². The highest BCUT2D eigenvalue weighted by Crippen LogP contribution is 2.26. The number of ketones is 1. The number of ether oxygens (including phenoxy) is 1. The van der Waals surface area contributed by atoms with E-state index < -0.39 is 0 Å². The molecule has 3 heteroatoms. The fourth-order valence-electron chi connectivity index (χ4n) is 1.68. The van der Waals surface area contributed by atoms with Gasteiger partial charge in [0.05, 0.1) is 12.4 Å². The molecule has 1 saturated carbocycles. The minimum Gasteiger partial charge on any atom is -0.384 e. The van der Waals surface area contributed by atoms with E-state index in [-0.39, 0.29) is 0 Å². The van der Waals surface area contributed by atoms with Gasteiger partial charge in [0.1, 0.15) is 5.78 Å². The van der Waals surface area contributed by atoms with Crippen molar-refractivity contribution in [3.05, 3.63) is 0 Å². The van der Waals surface area contributed by atoms with Crippen LogP contribution in [0.5, 0.6) is 0 Å². The highest BCUT2D eigenvalue weighted by molar-refractivity contribution is 7.99. The molecule has 0 unspecified atom stereocenters. The Morgan fingerprint density at radius 1 is 1.46 bits per heavy atom. The van der Waals surface area contributed by atoms with Crippen molar-refractivity contribution in [2.45, 2.75) is 25.7 Å². The number of thioether (sulfide) groups is 1. The lowest BCUT2D eigenvalue weighted by Gasteiger charge is -2.06. The van der Waals surface area contributed by atoms with Gasteiger partial charge in [-0.05, 0) is 12.8 Å². The molecule has 76 valence electrons. The lowest BCUT2D eigenvalue weighted by Crippen LogP contribution is -2.13. The largest absolute Gasteiger partial charge is 0.384 e. The lowest BCUT2D eigenvalue weighted by atomic mass is 10.0. The molecule has 2 nitrogen and oxygen atoms in total. The van der Waals surface area contributed by atoms with Crippen LogP contribution in [0.4, 0.5) is 0 Å². The van der Waals surface area contributed by atoms with Gasteiger partial charge in [0.2, 0.25) is 0 Å². The van der Waals surface area contributed by atoms with E-state index in [4.69, 9.17) is 4.74 Å². The van der Waals surface area contributed by atoms with Crippen LogP contribution in [0.1, 0.15) is 25.7 Å². The minimum absolute atomic E-state index is 0.384. The van der Waals surface area contributed by atoms with Gasteiger partial charge in [0, 0.05) is 18.8 Å². The third kappa shape index (κ3) is 4.14. The molecule has 1 rings (SSSR count). The molecule has 0 amide bonds. The van der Waals surface area contributed by atoms with Crippen LogP contribution in [0.15, 0.2) is 0 Å². The first kappa shape index (κ1) is 11.1. The molecule has 13 heavy (non-hydrogen) atoms. The fraction of sp³-hybridized carbons (Fsp3) is 0.900. The van der Waals surface area contributed by atoms with Crippen molar-refractivity contribution in [2.24, 2.45) is 5.92 Å². The molecule has 0 aliphatic heterocycles. The maximum absolute atomic E-state index is 11.5. The Morgan fingerprint density at radius 3 is 2.77 bits per heavy atom. The molecule has 1 fully saturated rings. The van der Waals surface area contributed by atoms with E-state index in [1.54, 1.807) is 18.9 Å². The Bertz CT molecular complexity index is 153. The standard InChI is InChI=1S/C10H18O2S/c1-12-6-7-13-8-10(11)9-4-2-3-5-9/h9H,2-8H2,1H3. The maximum atomic E-state index is 11.5. The molecule has 0 aromatic rings. The second kappa shape index (κ2) is 6.44. The summed E-state index contributed by atoms with van der Waals surface area (Å²) in [6.07, 6.45) is 4.76. The van der Waals surface area contributed by atoms with Gasteiger partial charge in [-0.2, -0.15) is 11.8 Å². The smallest absolute Gasteiger partial charge is 0.145 e. The topological polar surface area (TPSA) is 26.3 Å². The lowest BCUT2D eigenvalue weighted by molar-refractivity contribution is -0.120. The van der Waals surface area contributed by atoms with Crippen molar-refractivity contribution in [3.8, 4) is 0 Å². The quantitative estimate of drug-likeness (QED) is 0.617. The Kier molecular flexibility index (Phi) is 5.47. The summed E-state index contributed by atoms with van der Waals surface area (Å²) in [4.78, 5) is 11.5.